The highest BCUT2D eigenvalue weighted by atomic mass is 35.5. The number of hydrogen-bond donors (Lipinski definition) is 1. The van der Waals surface area contributed by atoms with Crippen LogP contribution in [-0.4, -0.2) is 66.1 Å². The molecule has 0 amide bonds. The van der Waals surface area contributed by atoms with E-state index in [-0.39, 0.29) is 24.0 Å². The number of ether oxygens (including phenoxy) is 1. The Hall–Kier alpha value is -1.18. The predicted octanol–water partition coefficient (Wildman–Crippen LogP) is 0.177. The third-order valence-electron chi connectivity index (χ3n) is 2.95. The summed E-state index contributed by atoms with van der Waals surface area (Å²) >= 11 is 5.94. The minimum absolute atomic E-state index is 0.0252. The van der Waals surface area contributed by atoms with E-state index in [0.29, 0.717) is 25.0 Å². The number of morpholine rings is 1. The molecule has 0 saturated carbocycles. The zero-order valence-corrected chi connectivity index (χ0v) is 12.0. The number of halogens is 1. The van der Waals surface area contributed by atoms with Gasteiger partial charge in [-0.1, -0.05) is 0 Å². The molecule has 2 atom stereocenters. The molecule has 0 bridgehead atoms. The molecule has 8 heteroatoms. The fourth-order valence-corrected chi connectivity index (χ4v) is 2.02. The second kappa shape index (κ2) is 5.85. The average molecular weight is 288 g/mol. The van der Waals surface area contributed by atoms with Crippen molar-refractivity contribution in [3.05, 3.63) is 5.28 Å². The Kier molecular flexibility index (Phi) is 4.38. The van der Waals surface area contributed by atoms with Crippen LogP contribution in [0.1, 0.15) is 6.92 Å². The highest BCUT2D eigenvalue weighted by Crippen LogP contribution is 2.21. The van der Waals surface area contributed by atoms with Crippen LogP contribution in [0.5, 0.6) is 0 Å². The normalized spacial score (nSPS) is 23.5. The Morgan fingerprint density at radius 3 is 2.79 bits per heavy atom. The van der Waals surface area contributed by atoms with E-state index >= 15 is 0 Å². The van der Waals surface area contributed by atoms with E-state index in [1.807, 2.05) is 25.9 Å². The van der Waals surface area contributed by atoms with Crippen molar-refractivity contribution in [3.63, 3.8) is 0 Å². The van der Waals surface area contributed by atoms with E-state index in [1.54, 1.807) is 4.90 Å². The summed E-state index contributed by atoms with van der Waals surface area (Å²) in [7, 11) is 3.68. The summed E-state index contributed by atoms with van der Waals surface area (Å²) in [5.41, 5.74) is 0. The molecule has 0 aromatic carbocycles. The number of hydrogen-bond acceptors (Lipinski definition) is 7. The van der Waals surface area contributed by atoms with Crippen molar-refractivity contribution in [2.24, 2.45) is 0 Å². The highest BCUT2D eigenvalue weighted by Gasteiger charge is 2.28. The third-order valence-corrected chi connectivity index (χ3v) is 3.12. The maximum Gasteiger partial charge on any atom is 0.231 e. The Bertz CT molecular complexity index is 445. The van der Waals surface area contributed by atoms with Gasteiger partial charge in [0.05, 0.1) is 25.4 Å². The van der Waals surface area contributed by atoms with Crippen LogP contribution >= 0.6 is 11.6 Å². The first-order chi connectivity index (χ1) is 9.01. The molecule has 0 radical (unpaired) electrons. The van der Waals surface area contributed by atoms with Gasteiger partial charge in [-0.05, 0) is 18.5 Å². The van der Waals surface area contributed by atoms with Gasteiger partial charge in [-0.3, -0.25) is 0 Å². The molecule has 7 nitrogen and oxygen atoms in total. The number of nitrogens with zero attached hydrogens (tertiary/aromatic N) is 5. The summed E-state index contributed by atoms with van der Waals surface area (Å²) in [6.45, 7) is 3.04. The van der Waals surface area contributed by atoms with Crippen molar-refractivity contribution in [3.8, 4) is 0 Å². The number of aliphatic hydroxyl groups excluding tert-OH is 1. The van der Waals surface area contributed by atoms with Crippen LogP contribution in [-0.2, 0) is 4.74 Å². The Labute approximate surface area is 117 Å². The maximum atomic E-state index is 9.20. The molecule has 2 rings (SSSR count). The van der Waals surface area contributed by atoms with Crippen molar-refractivity contribution in [2.45, 2.75) is 19.1 Å². The van der Waals surface area contributed by atoms with Crippen molar-refractivity contribution in [1.82, 2.24) is 15.0 Å². The van der Waals surface area contributed by atoms with Crippen molar-refractivity contribution in [2.75, 3.05) is 43.7 Å². The second-order valence-electron chi connectivity index (χ2n) is 4.74. The third kappa shape index (κ3) is 3.23. The van der Waals surface area contributed by atoms with E-state index in [4.69, 9.17) is 16.3 Å². The van der Waals surface area contributed by atoms with Crippen LogP contribution in [0.3, 0.4) is 0 Å². The van der Waals surface area contributed by atoms with Gasteiger partial charge in [0.1, 0.15) is 0 Å². The molecule has 19 heavy (non-hydrogen) atoms. The zero-order chi connectivity index (χ0) is 14.0. The van der Waals surface area contributed by atoms with Crippen LogP contribution in [0.25, 0.3) is 0 Å². The van der Waals surface area contributed by atoms with E-state index in [2.05, 4.69) is 15.0 Å². The first kappa shape index (κ1) is 14.2. The summed E-state index contributed by atoms with van der Waals surface area (Å²) in [5, 5.41) is 9.36. The number of anilines is 2. The molecule has 1 fully saturated rings. The lowest BCUT2D eigenvalue weighted by atomic mass is 10.2. The van der Waals surface area contributed by atoms with Gasteiger partial charge in [-0.2, -0.15) is 15.0 Å². The monoisotopic (exact) mass is 287 g/mol. The molecular formula is C11H18ClN5O2. The van der Waals surface area contributed by atoms with Crippen molar-refractivity contribution in [1.29, 1.82) is 0 Å². The van der Waals surface area contributed by atoms with E-state index in [9.17, 15) is 5.11 Å². The quantitative estimate of drug-likeness (QED) is 0.850. The lowest BCUT2D eigenvalue weighted by Crippen LogP contribution is -2.50. The molecule has 1 saturated heterocycles. The molecule has 2 heterocycles. The average Bonchev–Trinajstić information content (AvgIpc) is 2.38. The van der Waals surface area contributed by atoms with Crippen molar-refractivity contribution < 1.29 is 9.84 Å². The Morgan fingerprint density at radius 1 is 1.42 bits per heavy atom. The van der Waals surface area contributed by atoms with Gasteiger partial charge >= 0.3 is 0 Å². The zero-order valence-electron chi connectivity index (χ0n) is 11.2. The standard InChI is InChI=1S/C11H18ClN5O2/c1-7-6-19-8(5-18)4-17(7)11-14-9(12)13-10(15-11)16(2)3/h7-8,18H,4-6H2,1-3H3. The molecule has 1 aromatic heterocycles. The number of aromatic nitrogens is 3. The molecule has 1 aliphatic rings. The fraction of sp³-hybridized carbons (Fsp3) is 0.727. The number of aliphatic hydroxyl groups is 1. The largest absolute Gasteiger partial charge is 0.394 e. The van der Waals surface area contributed by atoms with Crippen LogP contribution < -0.4 is 9.80 Å². The van der Waals surface area contributed by atoms with Gasteiger partial charge < -0.3 is 19.6 Å². The second-order valence-corrected chi connectivity index (χ2v) is 5.08. The topological polar surface area (TPSA) is 74.6 Å². The summed E-state index contributed by atoms with van der Waals surface area (Å²) in [6, 6.07) is 0.122. The van der Waals surface area contributed by atoms with E-state index < -0.39 is 0 Å². The first-order valence-electron chi connectivity index (χ1n) is 6.09. The van der Waals surface area contributed by atoms with Crippen LogP contribution in [0.2, 0.25) is 5.28 Å². The van der Waals surface area contributed by atoms with Gasteiger partial charge in [0, 0.05) is 20.6 Å². The highest BCUT2D eigenvalue weighted by molar-refractivity contribution is 6.28. The first-order valence-corrected chi connectivity index (χ1v) is 6.47. The van der Waals surface area contributed by atoms with Gasteiger partial charge in [0.15, 0.2) is 0 Å². The minimum atomic E-state index is -0.227. The Morgan fingerprint density at radius 2 is 2.16 bits per heavy atom. The maximum absolute atomic E-state index is 9.20. The van der Waals surface area contributed by atoms with Crippen LogP contribution in [0, 0.1) is 0 Å². The summed E-state index contributed by atoms with van der Waals surface area (Å²) in [6.07, 6.45) is -0.227. The van der Waals surface area contributed by atoms with Gasteiger partial charge in [-0.25, -0.2) is 0 Å². The molecular weight excluding hydrogens is 270 g/mol. The lowest BCUT2D eigenvalue weighted by molar-refractivity contribution is -0.0108. The molecule has 1 N–H and O–H groups in total. The van der Waals surface area contributed by atoms with Crippen molar-refractivity contribution >= 4 is 23.5 Å². The molecule has 106 valence electrons. The molecule has 1 aromatic rings. The summed E-state index contributed by atoms with van der Waals surface area (Å²) in [5.74, 6) is 1.02. The van der Waals surface area contributed by atoms with Gasteiger partial charge in [-0.15, -0.1) is 0 Å². The van der Waals surface area contributed by atoms with E-state index in [1.165, 1.54) is 0 Å². The SMILES string of the molecule is CC1COC(CO)CN1c1nc(Cl)nc(N(C)C)n1. The summed E-state index contributed by atoms with van der Waals surface area (Å²) < 4.78 is 5.49. The minimum Gasteiger partial charge on any atom is -0.394 e. The van der Waals surface area contributed by atoms with Crippen LogP contribution in [0.4, 0.5) is 11.9 Å². The predicted molar refractivity (Wildman–Crippen MR) is 72.8 cm³/mol. The molecule has 1 aliphatic heterocycles. The molecule has 0 spiro atoms. The fourth-order valence-electron chi connectivity index (χ4n) is 1.86. The van der Waals surface area contributed by atoms with Crippen LogP contribution in [0.15, 0.2) is 0 Å². The Balaban J connectivity index is 2.28. The smallest absolute Gasteiger partial charge is 0.231 e. The summed E-state index contributed by atoms with van der Waals surface area (Å²) in [4.78, 5) is 16.3. The lowest BCUT2D eigenvalue weighted by Gasteiger charge is -2.37. The molecule has 2 unspecified atom stereocenters. The van der Waals surface area contributed by atoms with E-state index in [0.717, 1.165) is 0 Å². The molecule has 0 aliphatic carbocycles. The number of rotatable bonds is 3. The van der Waals surface area contributed by atoms with Gasteiger partial charge in [0.25, 0.3) is 0 Å². The van der Waals surface area contributed by atoms with Gasteiger partial charge in [0.2, 0.25) is 17.2 Å².